The molecule has 0 bridgehead atoms. The molecule has 1 amide bonds. The summed E-state index contributed by atoms with van der Waals surface area (Å²) in [6, 6.07) is 9.31. The fourth-order valence-electron chi connectivity index (χ4n) is 2.58. The Balaban J connectivity index is 2.08. The van der Waals surface area contributed by atoms with Gasteiger partial charge in [0.15, 0.2) is 0 Å². The Kier molecular flexibility index (Phi) is 6.20. The average Bonchev–Trinajstić information content (AvgIpc) is 2.96. The third kappa shape index (κ3) is 3.98. The molecular weight excluding hydrogens is 318 g/mol. The second-order valence-electron chi connectivity index (χ2n) is 5.51. The van der Waals surface area contributed by atoms with Crippen LogP contribution in [-0.2, 0) is 15.3 Å². The van der Waals surface area contributed by atoms with E-state index < -0.39 is 12.0 Å². The third-order valence-electron chi connectivity index (χ3n) is 3.85. The number of carboxylic acids is 1. The number of carboxylic acid groups (broad SMARTS) is 1. The highest BCUT2D eigenvalue weighted by Crippen LogP contribution is 2.35. The Morgan fingerprint density at radius 1 is 1.36 bits per heavy atom. The lowest BCUT2D eigenvalue weighted by molar-refractivity contribution is -0.149. The number of likely N-dealkylation sites (tertiary alicyclic amines) is 1. The summed E-state index contributed by atoms with van der Waals surface area (Å²) in [4.78, 5) is 25.5. The number of aliphatic carboxylic acids is 1. The molecule has 2 rings (SSSR count). The molecule has 1 saturated heterocycles. The van der Waals surface area contributed by atoms with Gasteiger partial charge in [-0.15, -0.1) is 11.8 Å². The zero-order valence-corrected chi connectivity index (χ0v) is 14.2. The van der Waals surface area contributed by atoms with Gasteiger partial charge in [0.2, 0.25) is 5.91 Å². The Hall–Kier alpha value is -1.14. The molecule has 1 heterocycles. The minimum absolute atomic E-state index is 0.0730. The molecule has 0 saturated carbocycles. The van der Waals surface area contributed by atoms with Gasteiger partial charge >= 0.3 is 5.97 Å². The van der Waals surface area contributed by atoms with Gasteiger partial charge in [0.25, 0.3) is 0 Å². The summed E-state index contributed by atoms with van der Waals surface area (Å²) in [7, 11) is 0. The number of thioether (sulfide) groups is 1. The summed E-state index contributed by atoms with van der Waals surface area (Å²) < 4.78 is 0. The Morgan fingerprint density at radius 3 is 2.64 bits per heavy atom. The highest BCUT2D eigenvalue weighted by Gasteiger charge is 2.42. The topological polar surface area (TPSA) is 57.6 Å². The van der Waals surface area contributed by atoms with Gasteiger partial charge in [0.1, 0.15) is 6.04 Å². The number of carbonyl (C=O) groups excluding carboxylic acids is 1. The number of nitrogens with zero attached hydrogens (tertiary/aromatic N) is 1. The fraction of sp³-hybridized carbons (Fsp3) is 0.500. The van der Waals surface area contributed by atoms with E-state index in [-0.39, 0.29) is 17.2 Å². The molecule has 22 heavy (non-hydrogen) atoms. The van der Waals surface area contributed by atoms with Crippen LogP contribution in [0.5, 0.6) is 0 Å². The summed E-state index contributed by atoms with van der Waals surface area (Å²) in [5.74, 6) is -0.0784. The molecule has 1 aromatic carbocycles. The lowest BCUT2D eigenvalue weighted by Crippen LogP contribution is -2.46. The van der Waals surface area contributed by atoms with Crippen LogP contribution in [0.4, 0.5) is 0 Å². The molecule has 1 N–H and O–H groups in total. The lowest BCUT2D eigenvalue weighted by Gasteiger charge is -2.30. The second kappa shape index (κ2) is 7.92. The van der Waals surface area contributed by atoms with E-state index >= 15 is 0 Å². The first-order chi connectivity index (χ1) is 10.5. The van der Waals surface area contributed by atoms with Crippen LogP contribution in [0, 0.1) is 5.92 Å². The van der Waals surface area contributed by atoms with Crippen LogP contribution in [0.3, 0.4) is 0 Å². The molecule has 120 valence electrons. The maximum absolute atomic E-state index is 12.5. The van der Waals surface area contributed by atoms with Crippen LogP contribution in [-0.4, -0.2) is 39.1 Å². The van der Waals surface area contributed by atoms with Crippen LogP contribution < -0.4 is 0 Å². The molecule has 1 fully saturated rings. The van der Waals surface area contributed by atoms with Crippen molar-refractivity contribution in [3.05, 3.63) is 35.9 Å². The maximum Gasteiger partial charge on any atom is 0.326 e. The van der Waals surface area contributed by atoms with Crippen molar-refractivity contribution in [3.63, 3.8) is 0 Å². The van der Waals surface area contributed by atoms with Crippen molar-refractivity contribution in [1.29, 1.82) is 0 Å². The summed E-state index contributed by atoms with van der Waals surface area (Å²) in [6.07, 6.45) is 1.24. The molecule has 0 unspecified atom stereocenters. The predicted octanol–water partition coefficient (Wildman–Crippen LogP) is 2.89. The summed E-state index contributed by atoms with van der Waals surface area (Å²) in [5, 5.41) is 9.29. The van der Waals surface area contributed by atoms with Crippen LogP contribution >= 0.6 is 24.4 Å². The van der Waals surface area contributed by atoms with Crippen molar-refractivity contribution in [3.8, 4) is 0 Å². The molecule has 6 heteroatoms. The number of rotatable bonds is 6. The Morgan fingerprint density at radius 2 is 2.05 bits per heavy atom. The van der Waals surface area contributed by atoms with E-state index in [1.165, 1.54) is 5.56 Å². The highest BCUT2D eigenvalue weighted by atomic mass is 32.2. The van der Waals surface area contributed by atoms with Crippen molar-refractivity contribution in [2.45, 2.75) is 36.9 Å². The van der Waals surface area contributed by atoms with Crippen molar-refractivity contribution >= 4 is 36.3 Å². The monoisotopic (exact) mass is 339 g/mol. The smallest absolute Gasteiger partial charge is 0.326 e. The van der Waals surface area contributed by atoms with E-state index in [2.05, 4.69) is 12.6 Å². The fourth-order valence-corrected chi connectivity index (χ4v) is 4.03. The molecule has 0 aliphatic carbocycles. The molecule has 0 spiro atoms. The quantitative estimate of drug-likeness (QED) is 0.783. The Bertz CT molecular complexity index is 523. The van der Waals surface area contributed by atoms with Crippen molar-refractivity contribution in [2.24, 2.45) is 5.92 Å². The van der Waals surface area contributed by atoms with E-state index in [1.807, 2.05) is 30.3 Å². The summed E-state index contributed by atoms with van der Waals surface area (Å²) in [5.41, 5.74) is 1.18. The largest absolute Gasteiger partial charge is 0.480 e. The van der Waals surface area contributed by atoms with Gasteiger partial charge < -0.3 is 10.0 Å². The zero-order valence-electron chi connectivity index (χ0n) is 12.5. The summed E-state index contributed by atoms with van der Waals surface area (Å²) >= 11 is 5.81. The number of amides is 1. The van der Waals surface area contributed by atoms with E-state index in [4.69, 9.17) is 0 Å². The van der Waals surface area contributed by atoms with Gasteiger partial charge in [0, 0.05) is 17.4 Å². The molecule has 1 aliphatic heterocycles. The number of hydrogen-bond donors (Lipinski definition) is 2. The van der Waals surface area contributed by atoms with Gasteiger partial charge in [-0.3, -0.25) is 4.79 Å². The number of carbonyl (C=O) groups is 2. The molecule has 1 aliphatic rings. The normalized spacial score (nSPS) is 22.5. The van der Waals surface area contributed by atoms with Gasteiger partial charge in [-0.1, -0.05) is 37.3 Å². The Labute approximate surface area is 140 Å². The molecular formula is C16H21NO3S2. The first-order valence-corrected chi connectivity index (χ1v) is 9.04. The lowest BCUT2D eigenvalue weighted by atomic mass is 10.1. The maximum atomic E-state index is 12.5. The van der Waals surface area contributed by atoms with Crippen LogP contribution in [0.15, 0.2) is 30.3 Å². The van der Waals surface area contributed by atoms with E-state index in [9.17, 15) is 14.7 Å². The van der Waals surface area contributed by atoms with Crippen molar-refractivity contribution in [1.82, 2.24) is 4.90 Å². The van der Waals surface area contributed by atoms with E-state index in [0.29, 0.717) is 12.2 Å². The van der Waals surface area contributed by atoms with Gasteiger partial charge in [-0.2, -0.15) is 12.6 Å². The SMILES string of the molecule is C[C@H](CS)C(=O)N1[C@@H](SCc2ccccc2)CC[C@H]1C(=O)O. The van der Waals surface area contributed by atoms with Crippen molar-refractivity contribution < 1.29 is 14.7 Å². The van der Waals surface area contributed by atoms with Gasteiger partial charge in [0.05, 0.1) is 5.37 Å². The first-order valence-electron chi connectivity index (χ1n) is 7.36. The predicted molar refractivity (Wildman–Crippen MR) is 92.0 cm³/mol. The minimum atomic E-state index is -0.914. The first kappa shape index (κ1) is 17.2. The number of benzene rings is 1. The molecule has 0 radical (unpaired) electrons. The highest BCUT2D eigenvalue weighted by molar-refractivity contribution is 7.99. The second-order valence-corrected chi connectivity index (χ2v) is 7.04. The summed E-state index contributed by atoms with van der Waals surface area (Å²) in [6.45, 7) is 1.80. The van der Waals surface area contributed by atoms with Crippen LogP contribution in [0.25, 0.3) is 0 Å². The molecule has 4 nitrogen and oxygen atoms in total. The minimum Gasteiger partial charge on any atom is -0.480 e. The molecule has 1 aromatic rings. The number of hydrogen-bond acceptors (Lipinski definition) is 4. The van der Waals surface area contributed by atoms with E-state index in [1.54, 1.807) is 23.6 Å². The van der Waals surface area contributed by atoms with Gasteiger partial charge in [-0.25, -0.2) is 4.79 Å². The third-order valence-corrected chi connectivity index (χ3v) is 5.75. The standard InChI is InChI=1S/C16H21NO3S2/c1-11(9-21)15(18)17-13(16(19)20)7-8-14(17)22-10-12-5-3-2-4-6-12/h2-6,11,13-14,21H,7-10H2,1H3,(H,19,20)/t11-,13+,14+/m1/s1. The van der Waals surface area contributed by atoms with Crippen LogP contribution in [0.2, 0.25) is 0 Å². The molecule has 3 atom stereocenters. The molecule has 0 aromatic heterocycles. The van der Waals surface area contributed by atoms with Crippen molar-refractivity contribution in [2.75, 3.05) is 5.75 Å². The van der Waals surface area contributed by atoms with E-state index in [0.717, 1.165) is 12.2 Å². The van der Waals surface area contributed by atoms with Crippen LogP contribution in [0.1, 0.15) is 25.3 Å². The zero-order chi connectivity index (χ0) is 16.1. The average molecular weight is 339 g/mol. The number of thiol groups is 1. The van der Waals surface area contributed by atoms with Gasteiger partial charge in [-0.05, 0) is 18.4 Å².